The van der Waals surface area contributed by atoms with Crippen LogP contribution in [0.4, 0.5) is 18.3 Å². The number of fused-ring (bicyclic) bond motifs is 2. The molecule has 1 heterocycles. The van der Waals surface area contributed by atoms with E-state index in [-0.39, 0.29) is 61.6 Å². The molecular formula is C59H72F3N3O10S. The number of esters is 4. The molecule has 76 heavy (non-hydrogen) atoms. The highest BCUT2D eigenvalue weighted by molar-refractivity contribution is 7.22. The zero-order valence-electron chi connectivity index (χ0n) is 43.8. The van der Waals surface area contributed by atoms with Crippen molar-refractivity contribution in [1.29, 1.82) is 0 Å². The van der Waals surface area contributed by atoms with E-state index in [9.17, 15) is 32.3 Å². The maximum Gasteiger partial charge on any atom is 0.422 e. The highest BCUT2D eigenvalue weighted by Gasteiger charge is 2.39. The molecule has 0 unspecified atom stereocenters. The van der Waals surface area contributed by atoms with Crippen LogP contribution in [-0.2, 0) is 44.5 Å². The van der Waals surface area contributed by atoms with Crippen LogP contribution in [0, 0.1) is 35.5 Å². The number of ether oxygens (including phenoxy) is 6. The van der Waals surface area contributed by atoms with Crippen LogP contribution in [0.3, 0.4) is 0 Å². The summed E-state index contributed by atoms with van der Waals surface area (Å²) in [5, 5.41) is 7.26. The zero-order chi connectivity index (χ0) is 53.8. The Morgan fingerprint density at radius 3 is 1.71 bits per heavy atom. The molecule has 8 rings (SSSR count). The van der Waals surface area contributed by atoms with Gasteiger partial charge in [-0.15, -0.1) is 0 Å². The monoisotopic (exact) mass is 1070 g/mol. The Labute approximate surface area is 447 Å². The van der Waals surface area contributed by atoms with E-state index >= 15 is 0 Å². The molecule has 0 saturated heterocycles. The number of hydrogen-bond acceptors (Lipinski definition) is 14. The molecule has 3 aromatic carbocycles. The van der Waals surface area contributed by atoms with E-state index < -0.39 is 23.7 Å². The van der Waals surface area contributed by atoms with Crippen LogP contribution in [-0.4, -0.2) is 79.9 Å². The van der Waals surface area contributed by atoms with Crippen LogP contribution < -0.4 is 14.9 Å². The first-order chi connectivity index (χ1) is 36.6. The number of nitrogens with zero attached hydrogens (tertiary/aromatic N) is 2. The molecular weight excluding hydrogens is 1000 g/mol. The summed E-state index contributed by atoms with van der Waals surface area (Å²) in [7, 11) is 0. The van der Waals surface area contributed by atoms with Crippen molar-refractivity contribution in [2.24, 2.45) is 40.6 Å². The maximum atomic E-state index is 13.9. The summed E-state index contributed by atoms with van der Waals surface area (Å²) in [6, 6.07) is 16.1. The number of alkyl halides is 3. The fourth-order valence-corrected chi connectivity index (χ4v) is 12.6. The minimum Gasteiger partial charge on any atom is -0.460 e. The lowest BCUT2D eigenvalue weighted by molar-refractivity contribution is -0.153. The third-order valence-corrected chi connectivity index (χ3v) is 17.0. The van der Waals surface area contributed by atoms with Gasteiger partial charge in [-0.25, -0.2) is 14.6 Å². The molecule has 17 heteroatoms. The second-order valence-electron chi connectivity index (χ2n) is 21.2. The number of hydrogen-bond donors (Lipinski definition) is 1. The minimum absolute atomic E-state index is 0.0149. The van der Waals surface area contributed by atoms with Crippen molar-refractivity contribution in [3.05, 3.63) is 84.0 Å². The number of carbonyl (C=O) groups excluding carboxylic acids is 4. The molecule has 1 N–H and O–H groups in total. The Balaban J connectivity index is 0.849. The number of anilines is 1. The van der Waals surface area contributed by atoms with Gasteiger partial charge in [-0.05, 0) is 180 Å². The summed E-state index contributed by atoms with van der Waals surface area (Å²) in [5.41, 5.74) is 4.54. The van der Waals surface area contributed by atoms with Crippen molar-refractivity contribution in [3.8, 4) is 11.5 Å². The van der Waals surface area contributed by atoms with Crippen molar-refractivity contribution in [2.45, 2.75) is 148 Å². The predicted octanol–water partition coefficient (Wildman–Crippen LogP) is 13.2. The summed E-state index contributed by atoms with van der Waals surface area (Å²) >= 11 is 1.28. The molecule has 0 spiro atoms. The molecule has 0 aliphatic heterocycles. The lowest BCUT2D eigenvalue weighted by Crippen LogP contribution is -2.32. The highest BCUT2D eigenvalue weighted by Crippen LogP contribution is 2.45. The lowest BCUT2D eigenvalue weighted by atomic mass is 9.70. The molecule has 4 aliphatic carbocycles. The summed E-state index contributed by atoms with van der Waals surface area (Å²) in [5.74, 6) is -0.298. The second-order valence-corrected chi connectivity index (χ2v) is 22.2. The van der Waals surface area contributed by atoms with Gasteiger partial charge >= 0.3 is 30.1 Å². The molecule has 0 amide bonds. The van der Waals surface area contributed by atoms with Gasteiger partial charge in [0.05, 0.1) is 43.5 Å². The molecule has 0 radical (unpaired) electrons. The number of aromatic nitrogens is 1. The SMILES string of the molecule is C=C(C)C(=O)OCCOC1CCC(C2CCC(C(=O)Oc3ccc(OC(=O)C4CCC(C5CCC(OCCOC(=O)C(=C)C(F)(F)F)CC5)CC4)c4nc(N/N=C/c5ccc6cc(CCC)ccc6c5)sc34)CC2)CC1. The molecule has 410 valence electrons. The lowest BCUT2D eigenvalue weighted by Gasteiger charge is -2.37. The van der Waals surface area contributed by atoms with Gasteiger partial charge in [-0.2, -0.15) is 18.3 Å². The largest absolute Gasteiger partial charge is 0.460 e. The van der Waals surface area contributed by atoms with E-state index in [0.29, 0.717) is 69.8 Å². The number of carbonyl (C=O) groups is 4. The first-order valence-corrected chi connectivity index (χ1v) is 28.1. The van der Waals surface area contributed by atoms with Crippen LogP contribution in [0.15, 0.2) is 77.9 Å². The van der Waals surface area contributed by atoms with Crippen LogP contribution >= 0.6 is 11.3 Å². The average Bonchev–Trinajstić information content (AvgIpc) is 3.89. The fraction of sp³-hybridized carbons (Fsp3) is 0.559. The normalized spacial score (nSPS) is 24.2. The molecule has 13 nitrogen and oxygen atoms in total. The van der Waals surface area contributed by atoms with Crippen LogP contribution in [0.5, 0.6) is 11.5 Å². The van der Waals surface area contributed by atoms with Crippen molar-refractivity contribution >= 4 is 67.5 Å². The first-order valence-electron chi connectivity index (χ1n) is 27.3. The molecule has 0 atom stereocenters. The number of nitrogens with one attached hydrogen (secondary N) is 1. The average molecular weight is 1070 g/mol. The van der Waals surface area contributed by atoms with Gasteiger partial charge in [0.2, 0.25) is 5.13 Å². The van der Waals surface area contributed by atoms with Crippen molar-refractivity contribution in [2.75, 3.05) is 31.9 Å². The number of hydrazone groups is 1. The standard InChI is InChI=1S/C59H72F3N3O10S/c1-5-6-38-7-9-47-34-39(8-10-46(47)33-38)35-63-65-58-64-52-50(74-56(68)44-15-11-40(12-16-44)42-21-25-49(26-22-42)71-30-32-73-55(67)37(4)59(60,61)62)27-28-51(53(52)76-58)75-57(69)45-17-13-41(14-18-45)43-19-23-48(24-20-43)70-29-31-72-54(66)36(2)3/h7-10,27-28,33-35,40-45,48-49H,2,4-6,11-26,29-32H2,1,3H3,(H,64,65)/b63-35+. The number of thiazole rings is 1. The van der Waals surface area contributed by atoms with Gasteiger partial charge < -0.3 is 28.4 Å². The smallest absolute Gasteiger partial charge is 0.422 e. The third kappa shape index (κ3) is 15.3. The van der Waals surface area contributed by atoms with Gasteiger partial charge in [0.1, 0.15) is 29.0 Å². The van der Waals surface area contributed by atoms with Gasteiger partial charge in [-0.1, -0.05) is 68.2 Å². The van der Waals surface area contributed by atoms with E-state index in [4.69, 9.17) is 28.7 Å². The summed E-state index contributed by atoms with van der Waals surface area (Å²) in [4.78, 5) is 55.9. The van der Waals surface area contributed by atoms with E-state index in [1.54, 1.807) is 25.3 Å². The van der Waals surface area contributed by atoms with E-state index in [1.165, 1.54) is 22.3 Å². The Kier molecular flexibility index (Phi) is 19.8. The predicted molar refractivity (Wildman–Crippen MR) is 286 cm³/mol. The van der Waals surface area contributed by atoms with Gasteiger partial charge in [0.25, 0.3) is 0 Å². The summed E-state index contributed by atoms with van der Waals surface area (Å²) < 4.78 is 72.7. The zero-order valence-corrected chi connectivity index (χ0v) is 44.6. The molecule has 4 aromatic rings. The second kappa shape index (κ2) is 26.6. The van der Waals surface area contributed by atoms with Crippen LogP contribution in [0.25, 0.3) is 21.0 Å². The fourth-order valence-electron chi connectivity index (χ4n) is 11.7. The summed E-state index contributed by atoms with van der Waals surface area (Å²) in [6.07, 6.45) is 13.3. The first kappa shape index (κ1) is 56.6. The number of rotatable bonds is 21. The number of benzene rings is 3. The van der Waals surface area contributed by atoms with Crippen molar-refractivity contribution in [3.63, 3.8) is 0 Å². The molecule has 4 aliphatic rings. The third-order valence-electron chi connectivity index (χ3n) is 16.0. The van der Waals surface area contributed by atoms with E-state index in [2.05, 4.69) is 65.7 Å². The quantitative estimate of drug-likeness (QED) is 0.0210. The Bertz CT molecular complexity index is 2710. The van der Waals surface area contributed by atoms with Crippen molar-refractivity contribution in [1.82, 2.24) is 4.98 Å². The highest BCUT2D eigenvalue weighted by atomic mass is 32.1. The van der Waals surface area contributed by atoms with E-state index in [1.807, 2.05) is 6.07 Å². The maximum absolute atomic E-state index is 13.9. The van der Waals surface area contributed by atoms with Crippen molar-refractivity contribution < 1.29 is 60.8 Å². The summed E-state index contributed by atoms with van der Waals surface area (Å²) in [6.45, 7) is 10.5. The molecule has 1 aromatic heterocycles. The Hall–Kier alpha value is -5.65. The van der Waals surface area contributed by atoms with Gasteiger partial charge in [0, 0.05) is 5.57 Å². The topological polar surface area (TPSA) is 161 Å². The van der Waals surface area contributed by atoms with E-state index in [0.717, 1.165) is 114 Å². The molecule has 4 fully saturated rings. The Morgan fingerprint density at radius 1 is 0.671 bits per heavy atom. The Morgan fingerprint density at radius 2 is 1.17 bits per heavy atom. The van der Waals surface area contributed by atoms with Crippen LogP contribution in [0.2, 0.25) is 0 Å². The minimum atomic E-state index is -4.83. The number of aryl methyl sites for hydroxylation is 1. The van der Waals surface area contributed by atoms with Gasteiger partial charge in [0.15, 0.2) is 11.5 Å². The van der Waals surface area contributed by atoms with Crippen LogP contribution in [0.1, 0.15) is 134 Å². The number of halogens is 3. The van der Waals surface area contributed by atoms with Gasteiger partial charge in [-0.3, -0.25) is 15.0 Å². The molecule has 0 bridgehead atoms. The molecule has 4 saturated carbocycles.